The van der Waals surface area contributed by atoms with Crippen LogP contribution < -0.4 is 5.32 Å². The van der Waals surface area contributed by atoms with E-state index in [1.807, 2.05) is 28.9 Å². The largest absolute Gasteiger partial charge is 0.385 e. The molecule has 0 spiro atoms. The van der Waals surface area contributed by atoms with E-state index in [1.54, 1.807) is 7.11 Å². The quantitative estimate of drug-likeness (QED) is 0.853. The van der Waals surface area contributed by atoms with Crippen LogP contribution in [0.2, 0.25) is 5.02 Å². The first-order valence-electron chi connectivity index (χ1n) is 7.04. The number of imidazole rings is 1. The number of ether oxygens (including phenoxy) is 1. The molecule has 2 aromatic heterocycles. The summed E-state index contributed by atoms with van der Waals surface area (Å²) in [4.78, 5) is 4.57. The second-order valence-electron chi connectivity index (χ2n) is 5.69. The summed E-state index contributed by atoms with van der Waals surface area (Å²) in [6, 6.07) is 3.80. The summed E-state index contributed by atoms with van der Waals surface area (Å²) in [7, 11) is 1.77. The van der Waals surface area contributed by atoms with Crippen molar-refractivity contribution < 1.29 is 4.74 Å². The molecule has 0 saturated heterocycles. The Balaban J connectivity index is 1.55. The zero-order chi connectivity index (χ0) is 14.0. The Labute approximate surface area is 124 Å². The van der Waals surface area contributed by atoms with Gasteiger partial charge in [-0.05, 0) is 36.8 Å². The molecule has 1 saturated carbocycles. The Morgan fingerprint density at radius 2 is 2.25 bits per heavy atom. The van der Waals surface area contributed by atoms with E-state index < -0.39 is 0 Å². The average molecular weight is 294 g/mol. The van der Waals surface area contributed by atoms with Gasteiger partial charge in [0, 0.05) is 39.2 Å². The number of nitrogens with one attached hydrogen (secondary N) is 1. The zero-order valence-corrected chi connectivity index (χ0v) is 12.5. The van der Waals surface area contributed by atoms with Gasteiger partial charge in [0.25, 0.3) is 0 Å². The van der Waals surface area contributed by atoms with Crippen LogP contribution in [0.5, 0.6) is 0 Å². The van der Waals surface area contributed by atoms with Crippen LogP contribution in [0.4, 0.5) is 0 Å². The molecule has 0 radical (unpaired) electrons. The zero-order valence-electron chi connectivity index (χ0n) is 11.7. The number of fused-ring (bicyclic) bond motifs is 1. The van der Waals surface area contributed by atoms with Crippen LogP contribution in [-0.2, 0) is 11.3 Å². The SMILES string of the molecule is COCCC1(CNCc2cn3cc(Cl)ccc3n2)CC1. The van der Waals surface area contributed by atoms with E-state index in [4.69, 9.17) is 16.3 Å². The van der Waals surface area contributed by atoms with Gasteiger partial charge < -0.3 is 14.5 Å². The average Bonchev–Trinajstić information content (AvgIpc) is 3.08. The van der Waals surface area contributed by atoms with Gasteiger partial charge in [-0.2, -0.15) is 0 Å². The molecule has 108 valence electrons. The van der Waals surface area contributed by atoms with Gasteiger partial charge in [0.1, 0.15) is 5.65 Å². The van der Waals surface area contributed by atoms with E-state index in [0.717, 1.165) is 42.5 Å². The summed E-state index contributed by atoms with van der Waals surface area (Å²) in [5, 5.41) is 4.25. The highest BCUT2D eigenvalue weighted by atomic mass is 35.5. The van der Waals surface area contributed by atoms with Crippen molar-refractivity contribution in [1.82, 2.24) is 14.7 Å². The summed E-state index contributed by atoms with van der Waals surface area (Å²) in [6.45, 7) is 2.70. The highest BCUT2D eigenvalue weighted by molar-refractivity contribution is 6.30. The van der Waals surface area contributed by atoms with Crippen LogP contribution in [0.15, 0.2) is 24.5 Å². The fraction of sp³-hybridized carbons (Fsp3) is 0.533. The second-order valence-corrected chi connectivity index (χ2v) is 6.13. The molecule has 20 heavy (non-hydrogen) atoms. The van der Waals surface area contributed by atoms with Crippen molar-refractivity contribution in [3.05, 3.63) is 35.2 Å². The maximum absolute atomic E-state index is 5.97. The lowest BCUT2D eigenvalue weighted by Crippen LogP contribution is -2.24. The minimum Gasteiger partial charge on any atom is -0.385 e. The standard InChI is InChI=1S/C15H20ClN3O/c1-20-7-6-15(4-5-15)11-17-8-13-10-19-9-12(16)2-3-14(19)18-13/h2-3,9-10,17H,4-8,11H2,1H3. The van der Waals surface area contributed by atoms with Gasteiger partial charge >= 0.3 is 0 Å². The number of nitrogens with zero attached hydrogens (tertiary/aromatic N) is 2. The highest BCUT2D eigenvalue weighted by Crippen LogP contribution is 2.48. The normalized spacial score (nSPS) is 16.7. The monoisotopic (exact) mass is 293 g/mol. The number of rotatable bonds is 7. The minimum absolute atomic E-state index is 0.471. The third-order valence-electron chi connectivity index (χ3n) is 4.06. The number of aromatic nitrogens is 2. The predicted molar refractivity (Wildman–Crippen MR) is 80.1 cm³/mol. The number of hydrogen-bond donors (Lipinski definition) is 1. The molecule has 1 aliphatic rings. The molecule has 0 aliphatic heterocycles. The summed E-state index contributed by atoms with van der Waals surface area (Å²) in [5.41, 5.74) is 2.46. The Hall–Kier alpha value is -1.10. The van der Waals surface area contributed by atoms with E-state index in [0.29, 0.717) is 5.41 Å². The maximum Gasteiger partial charge on any atom is 0.137 e. The molecule has 1 aliphatic carbocycles. The molecule has 2 heterocycles. The van der Waals surface area contributed by atoms with E-state index in [-0.39, 0.29) is 0 Å². The lowest BCUT2D eigenvalue weighted by Gasteiger charge is -2.14. The van der Waals surface area contributed by atoms with Crippen molar-refractivity contribution in [1.29, 1.82) is 0 Å². The van der Waals surface area contributed by atoms with Crippen LogP contribution in [0.1, 0.15) is 25.0 Å². The molecule has 3 rings (SSSR count). The summed E-state index contributed by atoms with van der Waals surface area (Å²) >= 11 is 5.97. The lowest BCUT2D eigenvalue weighted by atomic mass is 10.0. The fourth-order valence-corrected chi connectivity index (χ4v) is 2.74. The molecular formula is C15H20ClN3O. The Kier molecular flexibility index (Phi) is 3.96. The van der Waals surface area contributed by atoms with Gasteiger partial charge in [-0.25, -0.2) is 4.98 Å². The number of hydrogen-bond acceptors (Lipinski definition) is 3. The third-order valence-corrected chi connectivity index (χ3v) is 4.29. The summed E-state index contributed by atoms with van der Waals surface area (Å²) < 4.78 is 7.15. The van der Waals surface area contributed by atoms with Gasteiger partial charge in [-0.3, -0.25) is 0 Å². The van der Waals surface area contributed by atoms with E-state index in [1.165, 1.54) is 12.8 Å². The summed E-state index contributed by atoms with van der Waals surface area (Å²) in [5.74, 6) is 0. The van der Waals surface area contributed by atoms with Crippen molar-refractivity contribution in [2.24, 2.45) is 5.41 Å². The first-order chi connectivity index (χ1) is 9.71. The topological polar surface area (TPSA) is 38.6 Å². The molecule has 0 atom stereocenters. The smallest absolute Gasteiger partial charge is 0.137 e. The molecule has 2 aromatic rings. The van der Waals surface area contributed by atoms with E-state index in [9.17, 15) is 0 Å². The lowest BCUT2D eigenvalue weighted by molar-refractivity contribution is 0.171. The fourth-order valence-electron chi connectivity index (χ4n) is 2.57. The minimum atomic E-state index is 0.471. The first-order valence-corrected chi connectivity index (χ1v) is 7.41. The number of methoxy groups -OCH3 is 1. The van der Waals surface area contributed by atoms with Crippen molar-refractivity contribution in [3.8, 4) is 0 Å². The van der Waals surface area contributed by atoms with Crippen LogP contribution >= 0.6 is 11.6 Å². The van der Waals surface area contributed by atoms with E-state index >= 15 is 0 Å². The number of halogens is 1. The second kappa shape index (κ2) is 5.72. The molecular weight excluding hydrogens is 274 g/mol. The highest BCUT2D eigenvalue weighted by Gasteiger charge is 2.41. The predicted octanol–water partition coefficient (Wildman–Crippen LogP) is 2.89. The van der Waals surface area contributed by atoms with Crippen molar-refractivity contribution in [2.75, 3.05) is 20.3 Å². The van der Waals surface area contributed by atoms with Gasteiger partial charge in [0.05, 0.1) is 10.7 Å². The summed E-state index contributed by atoms with van der Waals surface area (Å²) in [6.07, 6.45) is 7.68. The molecule has 4 nitrogen and oxygen atoms in total. The van der Waals surface area contributed by atoms with Crippen molar-refractivity contribution >= 4 is 17.2 Å². The van der Waals surface area contributed by atoms with Crippen LogP contribution in [0.3, 0.4) is 0 Å². The van der Waals surface area contributed by atoms with Crippen LogP contribution in [-0.4, -0.2) is 29.6 Å². The van der Waals surface area contributed by atoms with Crippen LogP contribution in [0.25, 0.3) is 5.65 Å². The van der Waals surface area contributed by atoms with Gasteiger partial charge in [0.15, 0.2) is 0 Å². The van der Waals surface area contributed by atoms with E-state index in [2.05, 4.69) is 10.3 Å². The van der Waals surface area contributed by atoms with Crippen LogP contribution in [0, 0.1) is 5.41 Å². The molecule has 1 fully saturated rings. The van der Waals surface area contributed by atoms with Crippen molar-refractivity contribution in [2.45, 2.75) is 25.8 Å². The van der Waals surface area contributed by atoms with Gasteiger partial charge in [-0.1, -0.05) is 11.6 Å². The third kappa shape index (κ3) is 3.14. The molecule has 5 heteroatoms. The maximum atomic E-state index is 5.97. The number of pyridine rings is 1. The Morgan fingerprint density at radius 3 is 3.00 bits per heavy atom. The van der Waals surface area contributed by atoms with Gasteiger partial charge in [0.2, 0.25) is 0 Å². The molecule has 0 aromatic carbocycles. The van der Waals surface area contributed by atoms with Crippen molar-refractivity contribution in [3.63, 3.8) is 0 Å². The molecule has 0 amide bonds. The Bertz CT molecular complexity index is 592. The Morgan fingerprint density at radius 1 is 1.40 bits per heavy atom. The molecule has 0 bridgehead atoms. The molecule has 1 N–H and O–H groups in total. The van der Waals surface area contributed by atoms with Gasteiger partial charge in [-0.15, -0.1) is 0 Å². The molecule has 0 unspecified atom stereocenters. The first kappa shape index (κ1) is 13.9.